The fourth-order valence-electron chi connectivity index (χ4n) is 1.25. The van der Waals surface area contributed by atoms with E-state index in [9.17, 15) is 39.5 Å². The maximum atomic E-state index is 10.7. The molecule has 0 aromatic heterocycles. The zero-order valence-corrected chi connectivity index (χ0v) is 24.4. The zero-order chi connectivity index (χ0) is 27.8. The molecule has 0 heterocycles. The van der Waals surface area contributed by atoms with Crippen molar-refractivity contribution in [3.8, 4) is 0 Å². The third kappa shape index (κ3) is 24.3. The Balaban J connectivity index is -0.0000000546. The monoisotopic (exact) mass is 853 g/mol. The molecule has 0 aliphatic heterocycles. The quantitative estimate of drug-likeness (QED) is 0.142. The predicted octanol–water partition coefficient (Wildman–Crippen LogP) is 3.31. The SMILES string of the molecule is N.N.N.N.N.O=S(=O)([O-])C(F)(F)F.O=S(=O)([O-])C(F)(F)F.O=S(=O)([O-])C(F)(F)F.[CH]1C=CCc2ccccc21.[Os]. The molecule has 0 bridgehead atoms. The summed E-state index contributed by atoms with van der Waals surface area (Å²) in [5.41, 5.74) is -14.1. The third-order valence-corrected chi connectivity index (χ3v) is 4.36. The summed E-state index contributed by atoms with van der Waals surface area (Å²) >= 11 is 0. The van der Waals surface area contributed by atoms with Crippen molar-refractivity contribution >= 4 is 30.4 Å². The summed E-state index contributed by atoms with van der Waals surface area (Å²) in [5.74, 6) is 0. The first-order valence-corrected chi connectivity index (χ1v) is 11.6. The Morgan fingerprint density at radius 1 is 0.575 bits per heavy atom. The van der Waals surface area contributed by atoms with Gasteiger partial charge in [0.15, 0.2) is 30.4 Å². The van der Waals surface area contributed by atoms with E-state index >= 15 is 0 Å². The molecule has 1 aliphatic rings. The number of rotatable bonds is 0. The Kier molecular flexibility index (Phi) is 30.9. The van der Waals surface area contributed by atoms with Gasteiger partial charge in [-0.15, -0.1) is 0 Å². The van der Waals surface area contributed by atoms with Crippen molar-refractivity contribution < 1.29 is 98.2 Å². The van der Waals surface area contributed by atoms with Gasteiger partial charge in [0.05, 0.1) is 0 Å². The van der Waals surface area contributed by atoms with Crippen LogP contribution in [0, 0.1) is 6.42 Å². The van der Waals surface area contributed by atoms with Crippen LogP contribution in [0.1, 0.15) is 11.1 Å². The third-order valence-electron chi connectivity index (χ3n) is 2.66. The normalized spacial score (nSPS) is 12.1. The van der Waals surface area contributed by atoms with E-state index in [0.29, 0.717) is 0 Å². The molecular weight excluding hydrogens is 828 g/mol. The molecule has 1 aromatic rings. The molecule has 1 aromatic carbocycles. The molecule has 0 saturated carbocycles. The first-order valence-electron chi connectivity index (χ1n) is 7.36. The fourth-order valence-corrected chi connectivity index (χ4v) is 1.25. The van der Waals surface area contributed by atoms with Crippen LogP contribution in [-0.4, -0.2) is 55.4 Å². The average Bonchev–Trinajstić information content (AvgIpc) is 2.58. The molecule has 0 amide bonds. The Morgan fingerprint density at radius 2 is 0.825 bits per heavy atom. The van der Waals surface area contributed by atoms with Gasteiger partial charge in [-0.25, -0.2) is 25.3 Å². The summed E-state index contributed by atoms with van der Waals surface area (Å²) in [7, 11) is -18.3. The van der Waals surface area contributed by atoms with Gasteiger partial charge in [-0.05, 0) is 17.5 Å². The van der Waals surface area contributed by atoms with Crippen LogP contribution < -0.4 is 30.8 Å². The molecule has 1 aliphatic carbocycles. The van der Waals surface area contributed by atoms with E-state index in [1.54, 1.807) is 0 Å². The van der Waals surface area contributed by atoms with E-state index in [2.05, 4.69) is 42.8 Å². The number of alkyl halides is 9. The summed E-state index contributed by atoms with van der Waals surface area (Å²) in [6, 6.07) is 8.49. The van der Waals surface area contributed by atoms with Crippen molar-refractivity contribution in [1.29, 1.82) is 0 Å². The number of fused-ring (bicyclic) bond motifs is 1. The summed E-state index contributed by atoms with van der Waals surface area (Å²) in [5, 5.41) is 0. The van der Waals surface area contributed by atoms with Crippen molar-refractivity contribution in [1.82, 2.24) is 30.8 Å². The standard InChI is InChI=1S/C10H9.3CHF3O3S.5H3N.Os/c1-2-6-10-8-4-3-7-9(10)5-1;3*2-1(3,4)8(5,6)7;;;;;;/h1-7H,8H2;3*(H,5,6,7);5*1H3;/p-3. The van der Waals surface area contributed by atoms with Gasteiger partial charge >= 0.3 is 16.5 Å². The van der Waals surface area contributed by atoms with Gasteiger partial charge in [-0.1, -0.05) is 36.4 Å². The molecule has 0 atom stereocenters. The number of hydrogen-bond acceptors (Lipinski definition) is 14. The van der Waals surface area contributed by atoms with E-state index in [1.165, 1.54) is 11.1 Å². The van der Waals surface area contributed by atoms with Crippen LogP contribution in [-0.2, 0) is 56.6 Å². The van der Waals surface area contributed by atoms with Crippen LogP contribution in [0.4, 0.5) is 39.5 Å². The number of benzene rings is 1. The molecule has 0 saturated heterocycles. The zero-order valence-electron chi connectivity index (χ0n) is 19.4. The van der Waals surface area contributed by atoms with E-state index in [0.717, 1.165) is 6.42 Å². The van der Waals surface area contributed by atoms with Gasteiger partial charge < -0.3 is 44.4 Å². The minimum Gasteiger partial charge on any atom is -0.741 e. The maximum absolute atomic E-state index is 10.7. The van der Waals surface area contributed by atoms with E-state index in [4.69, 9.17) is 38.9 Å². The first-order chi connectivity index (χ1) is 14.7. The largest absolute Gasteiger partial charge is 0.741 e. The molecule has 40 heavy (non-hydrogen) atoms. The summed E-state index contributed by atoms with van der Waals surface area (Å²) in [6.45, 7) is 0. The van der Waals surface area contributed by atoms with Gasteiger partial charge in [-0.2, -0.15) is 39.5 Å². The Bertz CT molecular complexity index is 1030. The van der Waals surface area contributed by atoms with Gasteiger partial charge in [0.1, 0.15) is 0 Å². The van der Waals surface area contributed by atoms with Crippen molar-refractivity contribution in [2.75, 3.05) is 0 Å². The minimum atomic E-state index is -6.09. The topological polar surface area (TPSA) is 347 Å². The summed E-state index contributed by atoms with van der Waals surface area (Å²) in [4.78, 5) is 0. The smallest absolute Gasteiger partial charge is 0.485 e. The van der Waals surface area contributed by atoms with Crippen LogP contribution in [0.15, 0.2) is 36.4 Å². The predicted molar refractivity (Wildman–Crippen MR) is 115 cm³/mol. The van der Waals surface area contributed by atoms with Crippen LogP contribution in [0.5, 0.6) is 0 Å². The van der Waals surface area contributed by atoms with Crippen LogP contribution >= 0.6 is 0 Å². The van der Waals surface area contributed by atoms with E-state index in [1.807, 2.05) is 0 Å². The molecule has 0 fully saturated rings. The van der Waals surface area contributed by atoms with Crippen molar-refractivity contribution in [3.05, 3.63) is 54.0 Å². The van der Waals surface area contributed by atoms with Gasteiger partial charge in [0.2, 0.25) is 0 Å². The Labute approximate surface area is 236 Å². The number of hydrogen-bond donors (Lipinski definition) is 5. The maximum Gasteiger partial charge on any atom is 0.485 e. The molecular formula is C13H24F9N5O9OsS3-3. The Morgan fingerprint density at radius 3 is 1.05 bits per heavy atom. The summed E-state index contributed by atoms with van der Waals surface area (Å²) < 4.78 is 177. The second-order valence-electron chi connectivity index (χ2n) is 5.20. The second-order valence-corrected chi connectivity index (χ2v) is 9.31. The van der Waals surface area contributed by atoms with Gasteiger partial charge in [-0.3, -0.25) is 0 Å². The second kappa shape index (κ2) is 21.2. The van der Waals surface area contributed by atoms with Gasteiger partial charge in [0, 0.05) is 26.2 Å². The van der Waals surface area contributed by atoms with E-state index in [-0.39, 0.29) is 50.5 Å². The molecule has 2 rings (SSSR count). The van der Waals surface area contributed by atoms with Crippen LogP contribution in [0.25, 0.3) is 0 Å². The minimum absolute atomic E-state index is 0. The summed E-state index contributed by atoms with van der Waals surface area (Å²) in [6.07, 6.45) is 7.54. The average molecular weight is 852 g/mol. The van der Waals surface area contributed by atoms with Crippen molar-refractivity contribution in [2.24, 2.45) is 0 Å². The molecule has 1 radical (unpaired) electrons. The molecule has 247 valence electrons. The first kappa shape index (κ1) is 58.2. The number of allylic oxidation sites excluding steroid dienone is 2. The van der Waals surface area contributed by atoms with Crippen LogP contribution in [0.2, 0.25) is 0 Å². The molecule has 0 unspecified atom stereocenters. The number of halogens is 9. The fraction of sp³-hybridized carbons (Fsp3) is 0.308. The molecule has 27 heteroatoms. The molecule has 0 spiro atoms. The Hall–Kier alpha value is -1.50. The molecule has 15 N–H and O–H groups in total. The van der Waals surface area contributed by atoms with E-state index < -0.39 is 46.9 Å². The molecule has 14 nitrogen and oxygen atoms in total. The van der Waals surface area contributed by atoms with Crippen molar-refractivity contribution in [3.63, 3.8) is 0 Å². The van der Waals surface area contributed by atoms with Crippen LogP contribution in [0.3, 0.4) is 0 Å². The van der Waals surface area contributed by atoms with Crippen molar-refractivity contribution in [2.45, 2.75) is 22.9 Å². The van der Waals surface area contributed by atoms with Gasteiger partial charge in [0.25, 0.3) is 0 Å².